The summed E-state index contributed by atoms with van der Waals surface area (Å²) in [4.78, 5) is 0. The van der Waals surface area contributed by atoms with E-state index in [2.05, 4.69) is 21.7 Å². The summed E-state index contributed by atoms with van der Waals surface area (Å²) in [5.74, 6) is 0. The maximum atomic E-state index is 5.15. The van der Waals surface area contributed by atoms with Crippen LogP contribution < -0.4 is 5.32 Å². The molecule has 0 heterocycles. The number of rotatable bonds is 3. The van der Waals surface area contributed by atoms with Gasteiger partial charge in [-0.1, -0.05) is 0 Å². The van der Waals surface area contributed by atoms with Crippen molar-refractivity contribution in [1.82, 2.24) is 5.32 Å². The van der Waals surface area contributed by atoms with Crippen LogP contribution in [-0.2, 0) is 38.7 Å². The average molecular weight is 495 g/mol. The van der Waals surface area contributed by atoms with Gasteiger partial charge in [-0.25, -0.2) is 0 Å². The van der Waals surface area contributed by atoms with Crippen LogP contribution in [-0.4, -0.2) is 14.3 Å². The number of hydrogen-bond donors (Lipinski definition) is 2. The van der Waals surface area contributed by atoms with Crippen LogP contribution >= 0.6 is 12.6 Å². The van der Waals surface area contributed by atoms with Crippen molar-refractivity contribution in [1.29, 1.82) is 0 Å². The fourth-order valence-electron chi connectivity index (χ4n) is 0.233. The monoisotopic (exact) mass is 495 g/mol. The Morgan fingerprint density at radius 1 is 1.90 bits per heavy atom. The summed E-state index contributed by atoms with van der Waals surface area (Å²) in [7, 11) is 0. The van der Waals surface area contributed by atoms with E-state index in [-0.39, 0.29) is 0 Å². The van der Waals surface area contributed by atoms with Crippen LogP contribution in [0.1, 0.15) is 6.92 Å². The predicted octanol–water partition coefficient (Wildman–Crippen LogP) is 0.361. The van der Waals surface area contributed by atoms with Gasteiger partial charge in [-0.2, -0.15) is 0 Å². The molecule has 0 bridgehead atoms. The van der Waals surface area contributed by atoms with E-state index < -0.39 is 0 Å². The van der Waals surface area contributed by atoms with Crippen LogP contribution in [0.2, 0.25) is 0 Å². The third-order valence-corrected chi connectivity index (χ3v) is 1.51. The summed E-state index contributed by atoms with van der Waals surface area (Å²) < 4.78 is 3.64. The molecule has 0 fully saturated rings. The molecule has 0 aromatic heterocycles. The minimum atomic E-state index is 0.965. The van der Waals surface area contributed by atoms with Gasteiger partial charge in [-0.15, -0.1) is 0 Å². The first kappa shape index (κ1) is 13.7. The van der Waals surface area contributed by atoms with Gasteiger partial charge < -0.3 is 0 Å². The van der Waals surface area contributed by atoms with Crippen molar-refractivity contribution in [3.63, 3.8) is 0 Å². The molecule has 0 aliphatic rings. The van der Waals surface area contributed by atoms with E-state index in [4.69, 9.17) is 6.58 Å². The molecule has 0 radical (unpaired) electrons. The first-order valence-corrected chi connectivity index (χ1v) is 5.95. The Kier molecular flexibility index (Phi) is 17.6. The SMILES string of the molecule is S[C-]=[W].[CH-]=C[C](=[W])NCC. The average Bonchev–Trinajstić information content (AvgIpc) is 1.90. The van der Waals surface area contributed by atoms with Gasteiger partial charge in [0.15, 0.2) is 0 Å². The van der Waals surface area contributed by atoms with Crippen molar-refractivity contribution in [3.05, 3.63) is 12.7 Å². The number of nitrogens with one attached hydrogen (secondary N) is 1. The van der Waals surface area contributed by atoms with Gasteiger partial charge in [0.25, 0.3) is 0 Å². The summed E-state index contributed by atoms with van der Waals surface area (Å²) in [6, 6.07) is 0. The minimum absolute atomic E-state index is 0.965. The molecule has 0 saturated carbocycles. The Bertz CT molecular complexity index is 114. The molecule has 58 valence electrons. The van der Waals surface area contributed by atoms with E-state index in [9.17, 15) is 0 Å². The topological polar surface area (TPSA) is 12.0 Å². The standard InChI is InChI=1S/C5H8N.CHS.2W/c1-3-5-6-4-2;1-2;;/h1,3,6H,4H2,2H3;2H;;/q2*-1;;. The fraction of sp³-hybridized carbons (Fsp3) is 0.333. The van der Waals surface area contributed by atoms with Crippen LogP contribution in [0.25, 0.3) is 0 Å². The van der Waals surface area contributed by atoms with E-state index in [0.717, 1.165) is 10.6 Å². The Morgan fingerprint density at radius 3 is 2.40 bits per heavy atom. The summed E-state index contributed by atoms with van der Waals surface area (Å²) >= 11 is 6.25. The Hall–Kier alpha value is 1.17. The van der Waals surface area contributed by atoms with Crippen molar-refractivity contribution < 1.29 is 38.7 Å². The zero-order valence-corrected chi connectivity index (χ0v) is 12.4. The molecule has 1 N–H and O–H groups in total. The first-order chi connectivity index (χ1) is 4.72. The molecule has 1 nitrogen and oxygen atoms in total. The molecule has 0 rings (SSSR count). The van der Waals surface area contributed by atoms with E-state index >= 15 is 0 Å². The van der Waals surface area contributed by atoms with Gasteiger partial charge in [-0.3, -0.25) is 0 Å². The van der Waals surface area contributed by atoms with Gasteiger partial charge in [0.1, 0.15) is 0 Å². The second kappa shape index (κ2) is 12.8. The predicted molar refractivity (Wildman–Crippen MR) is 41.5 cm³/mol. The normalized spacial score (nSPS) is 7.00. The van der Waals surface area contributed by atoms with Crippen LogP contribution in [0.3, 0.4) is 0 Å². The number of hydrogen-bond acceptors (Lipinski definition) is 2. The molecule has 0 aromatic carbocycles. The van der Waals surface area contributed by atoms with Crippen molar-refractivity contribution in [2.75, 3.05) is 6.54 Å². The van der Waals surface area contributed by atoms with E-state index in [1.165, 1.54) is 38.7 Å². The molecular formula is C6H9NSW2-2. The van der Waals surface area contributed by atoms with Gasteiger partial charge in [-0.05, 0) is 0 Å². The second-order valence-corrected chi connectivity index (χ2v) is 4.88. The molecule has 0 atom stereocenters. The maximum absolute atomic E-state index is 5.15. The second-order valence-electron chi connectivity index (χ2n) is 1.15. The molecule has 0 amide bonds. The fourth-order valence-corrected chi connectivity index (χ4v) is 0.752. The molecule has 0 spiro atoms. The molecule has 10 heavy (non-hydrogen) atoms. The van der Waals surface area contributed by atoms with Crippen molar-refractivity contribution >= 4 is 20.4 Å². The number of thiol groups is 1. The summed E-state index contributed by atoms with van der Waals surface area (Å²) in [5, 5.41) is 3.07. The molecule has 4 heteroatoms. The zero-order chi connectivity index (χ0) is 8.41. The third-order valence-electron chi connectivity index (χ3n) is 0.502. The van der Waals surface area contributed by atoms with Gasteiger partial charge in [0.2, 0.25) is 0 Å². The van der Waals surface area contributed by atoms with Crippen LogP contribution in [0.15, 0.2) is 6.08 Å². The molecule has 0 aromatic rings. The van der Waals surface area contributed by atoms with Gasteiger partial charge in [0, 0.05) is 0 Å². The van der Waals surface area contributed by atoms with Crippen LogP contribution in [0.4, 0.5) is 0 Å². The quantitative estimate of drug-likeness (QED) is 0.427. The van der Waals surface area contributed by atoms with Gasteiger partial charge >= 0.3 is 90.5 Å². The van der Waals surface area contributed by atoms with Crippen LogP contribution in [0.5, 0.6) is 0 Å². The molecule has 0 aliphatic heterocycles. The number of likely N-dealkylation sites (N-methyl/N-ethyl adjacent to an activating group) is 1. The summed E-state index contributed by atoms with van der Waals surface area (Å²) in [6.07, 6.45) is 1.60. The molecular weight excluding hydrogens is 486 g/mol. The third kappa shape index (κ3) is 16.1. The van der Waals surface area contributed by atoms with Crippen molar-refractivity contribution in [2.24, 2.45) is 0 Å². The van der Waals surface area contributed by atoms with E-state index in [0.29, 0.717) is 0 Å². The van der Waals surface area contributed by atoms with E-state index in [1.807, 2.05) is 6.92 Å². The summed E-state index contributed by atoms with van der Waals surface area (Å²) in [5.41, 5.74) is 0. The first-order valence-electron chi connectivity index (χ1n) is 2.56. The summed E-state index contributed by atoms with van der Waals surface area (Å²) in [6.45, 7) is 8.17. The Labute approximate surface area is 89.9 Å². The molecule has 0 aliphatic carbocycles. The molecule has 0 unspecified atom stereocenters. The van der Waals surface area contributed by atoms with Crippen LogP contribution in [0, 0.1) is 6.58 Å². The van der Waals surface area contributed by atoms with Gasteiger partial charge in [0.05, 0.1) is 0 Å². The van der Waals surface area contributed by atoms with Crippen molar-refractivity contribution in [2.45, 2.75) is 6.92 Å². The zero-order valence-electron chi connectivity index (χ0n) is 5.63. The molecule has 0 saturated heterocycles. The Morgan fingerprint density at radius 2 is 2.30 bits per heavy atom. The van der Waals surface area contributed by atoms with Crippen molar-refractivity contribution in [3.8, 4) is 0 Å². The Balaban J connectivity index is 0. The van der Waals surface area contributed by atoms with E-state index in [1.54, 1.807) is 6.08 Å².